The van der Waals surface area contributed by atoms with Crippen molar-refractivity contribution in [3.63, 3.8) is 0 Å². The van der Waals surface area contributed by atoms with Gasteiger partial charge in [-0.05, 0) is 38.5 Å². The lowest BCUT2D eigenvalue weighted by Gasteiger charge is -2.27. The fourth-order valence-electron chi connectivity index (χ4n) is 3.87. The fraction of sp³-hybridized carbons (Fsp3) is 0.375. The maximum Gasteiger partial charge on any atom is 0.251 e. The summed E-state index contributed by atoms with van der Waals surface area (Å²) in [6.07, 6.45) is 1.51. The highest BCUT2D eigenvalue weighted by molar-refractivity contribution is 7.99. The van der Waals surface area contributed by atoms with Gasteiger partial charge in [0.15, 0.2) is 28.5 Å². The minimum absolute atomic E-state index is 0.00375. The van der Waals surface area contributed by atoms with Crippen molar-refractivity contribution in [3.8, 4) is 11.5 Å². The van der Waals surface area contributed by atoms with Gasteiger partial charge < -0.3 is 19.0 Å². The largest absolute Gasteiger partial charge is 0.486 e. The summed E-state index contributed by atoms with van der Waals surface area (Å²) in [4.78, 5) is 32.0. The van der Waals surface area contributed by atoms with Crippen LogP contribution in [0.2, 0.25) is 0 Å². The van der Waals surface area contributed by atoms with Crippen LogP contribution in [0.5, 0.6) is 11.5 Å². The molecule has 0 fully saturated rings. The lowest BCUT2D eigenvalue weighted by molar-refractivity contribution is 0.0777. The van der Waals surface area contributed by atoms with Crippen molar-refractivity contribution in [2.75, 3.05) is 12.4 Å². The average Bonchev–Trinajstić information content (AvgIpc) is 3.05. The number of rotatable bonds is 8. The topological polar surface area (TPSA) is 86.2 Å². The summed E-state index contributed by atoms with van der Waals surface area (Å²) in [5, 5.41) is 0.481. The number of fused-ring (bicyclic) bond motifs is 1. The molecule has 32 heavy (non-hydrogen) atoms. The minimum Gasteiger partial charge on any atom is -0.486 e. The second kappa shape index (κ2) is 9.65. The number of nitrogens with zero attached hydrogens (tertiary/aromatic N) is 2. The first kappa shape index (κ1) is 22.2. The number of para-hydroxylation sites is 2. The van der Waals surface area contributed by atoms with E-state index in [0.717, 1.165) is 41.4 Å². The molecule has 0 saturated heterocycles. The monoisotopic (exact) mass is 453 g/mol. The zero-order valence-electron chi connectivity index (χ0n) is 18.5. The minimum atomic E-state index is -0.187. The predicted molar refractivity (Wildman–Crippen MR) is 124 cm³/mol. The van der Waals surface area contributed by atoms with Crippen LogP contribution in [-0.4, -0.2) is 38.8 Å². The third-order valence-corrected chi connectivity index (χ3v) is 6.32. The van der Waals surface area contributed by atoms with E-state index in [4.69, 9.17) is 9.47 Å². The smallest absolute Gasteiger partial charge is 0.251 e. The number of hydrogen-bond donors (Lipinski definition) is 1. The number of aryl methyl sites for hydroxylation is 2. The second-order valence-electron chi connectivity index (χ2n) is 7.90. The summed E-state index contributed by atoms with van der Waals surface area (Å²) in [5.41, 5.74) is 3.14. The van der Waals surface area contributed by atoms with Gasteiger partial charge >= 0.3 is 0 Å². The number of carbonyl (C=O) groups excluding carboxylic acids is 1. The van der Waals surface area contributed by atoms with Crippen LogP contribution < -0.4 is 15.0 Å². The van der Waals surface area contributed by atoms with Crippen LogP contribution in [0, 0.1) is 13.8 Å². The molecule has 1 atom stereocenters. The van der Waals surface area contributed by atoms with E-state index in [2.05, 4.69) is 14.5 Å². The highest BCUT2D eigenvalue weighted by Gasteiger charge is 2.24. The first-order valence-electron chi connectivity index (χ1n) is 10.8. The van der Waals surface area contributed by atoms with E-state index in [0.29, 0.717) is 23.9 Å². The molecular weight excluding hydrogens is 426 g/mol. The van der Waals surface area contributed by atoms with Crippen LogP contribution >= 0.6 is 11.8 Å². The first-order valence-corrected chi connectivity index (χ1v) is 11.7. The second-order valence-corrected chi connectivity index (χ2v) is 8.86. The first-order chi connectivity index (χ1) is 15.4. The highest BCUT2D eigenvalue weighted by atomic mass is 32.2. The molecule has 168 valence electrons. The Kier molecular flexibility index (Phi) is 6.69. The summed E-state index contributed by atoms with van der Waals surface area (Å²) in [6, 6.07) is 11.1. The number of hydrogen-bond acceptors (Lipinski definition) is 6. The molecular formula is C24H27N3O4S. The number of nitrogens with one attached hydrogen (secondary N) is 1. The molecule has 0 amide bonds. The summed E-state index contributed by atoms with van der Waals surface area (Å²) in [7, 11) is 0. The van der Waals surface area contributed by atoms with Crippen molar-refractivity contribution in [3.05, 3.63) is 69.4 Å². The molecule has 2 aromatic heterocycles. The molecule has 3 aromatic rings. The molecule has 0 aliphatic carbocycles. The molecule has 1 aromatic carbocycles. The van der Waals surface area contributed by atoms with E-state index in [1.54, 1.807) is 0 Å². The Morgan fingerprint density at radius 1 is 1.25 bits per heavy atom. The van der Waals surface area contributed by atoms with Gasteiger partial charge in [-0.3, -0.25) is 9.59 Å². The Hall–Kier alpha value is -3.00. The number of thioether (sulfide) groups is 1. The van der Waals surface area contributed by atoms with E-state index in [-0.39, 0.29) is 23.2 Å². The molecule has 0 bridgehead atoms. The van der Waals surface area contributed by atoms with Gasteiger partial charge in [-0.2, -0.15) is 0 Å². The molecule has 7 nitrogen and oxygen atoms in total. The zero-order valence-corrected chi connectivity index (χ0v) is 19.3. The van der Waals surface area contributed by atoms with Crippen molar-refractivity contribution < 1.29 is 14.3 Å². The van der Waals surface area contributed by atoms with Gasteiger partial charge in [0.1, 0.15) is 6.61 Å². The average molecular weight is 454 g/mol. The highest BCUT2D eigenvalue weighted by Crippen LogP contribution is 2.31. The number of H-pyrrole nitrogens is 1. The number of aromatic nitrogens is 3. The van der Waals surface area contributed by atoms with Crippen molar-refractivity contribution in [1.29, 1.82) is 0 Å². The SMILES string of the molecule is CCCc1cc(=O)[nH]c(SCC(=O)c2cc(C)n(C[C@H]3COc4ccccc4O3)c2C)n1. The molecule has 4 rings (SSSR count). The van der Waals surface area contributed by atoms with Crippen LogP contribution in [0.1, 0.15) is 40.8 Å². The van der Waals surface area contributed by atoms with E-state index in [1.165, 1.54) is 17.8 Å². The van der Waals surface area contributed by atoms with Gasteiger partial charge in [0.05, 0.1) is 12.3 Å². The normalized spacial score (nSPS) is 15.0. The summed E-state index contributed by atoms with van der Waals surface area (Å²) < 4.78 is 14.0. The van der Waals surface area contributed by atoms with E-state index < -0.39 is 0 Å². The van der Waals surface area contributed by atoms with Crippen molar-refractivity contribution in [2.24, 2.45) is 0 Å². The van der Waals surface area contributed by atoms with Gasteiger partial charge in [0, 0.05) is 28.7 Å². The number of benzene rings is 1. The van der Waals surface area contributed by atoms with Gasteiger partial charge in [0.25, 0.3) is 5.56 Å². The van der Waals surface area contributed by atoms with Crippen LogP contribution in [0.4, 0.5) is 0 Å². The Balaban J connectivity index is 1.43. The summed E-state index contributed by atoms with van der Waals surface area (Å²) in [6.45, 7) is 7.03. The molecule has 1 N–H and O–H groups in total. The van der Waals surface area contributed by atoms with Crippen LogP contribution in [0.3, 0.4) is 0 Å². The maximum atomic E-state index is 12.9. The molecule has 0 unspecified atom stereocenters. The Bertz CT molecular complexity index is 1180. The molecule has 0 saturated carbocycles. The standard InChI is InChI=1S/C24H27N3O4S/c1-4-7-17-11-23(29)26-24(25-17)32-14-20(28)19-10-15(2)27(16(19)3)12-18-13-30-21-8-5-6-9-22(21)31-18/h5-6,8-11,18H,4,7,12-14H2,1-3H3,(H,25,26,29)/t18-/m0/s1. The van der Waals surface area contributed by atoms with Crippen molar-refractivity contribution >= 4 is 17.5 Å². The molecule has 1 aliphatic rings. The van der Waals surface area contributed by atoms with Gasteiger partial charge in [-0.25, -0.2) is 4.98 Å². The summed E-state index contributed by atoms with van der Waals surface area (Å²) >= 11 is 1.26. The lowest BCUT2D eigenvalue weighted by Crippen LogP contribution is -2.33. The van der Waals surface area contributed by atoms with Crippen molar-refractivity contribution in [2.45, 2.75) is 51.4 Å². The number of Topliss-reactive ketones (excluding diaryl/α,β-unsaturated/α-hetero) is 1. The Morgan fingerprint density at radius 3 is 2.81 bits per heavy atom. The number of ketones is 1. The third kappa shape index (κ3) is 4.91. The van der Waals surface area contributed by atoms with Gasteiger partial charge in [-0.15, -0.1) is 0 Å². The quantitative estimate of drug-likeness (QED) is 0.316. The van der Waals surface area contributed by atoms with Gasteiger partial charge in [0.2, 0.25) is 0 Å². The third-order valence-electron chi connectivity index (χ3n) is 5.45. The lowest BCUT2D eigenvalue weighted by atomic mass is 10.2. The zero-order chi connectivity index (χ0) is 22.7. The van der Waals surface area contributed by atoms with Crippen LogP contribution in [0.15, 0.2) is 46.3 Å². The predicted octanol–water partition coefficient (Wildman–Crippen LogP) is 3.96. The number of aromatic amines is 1. The molecule has 8 heteroatoms. The number of carbonyl (C=O) groups is 1. The molecule has 3 heterocycles. The number of ether oxygens (including phenoxy) is 2. The fourth-order valence-corrected chi connectivity index (χ4v) is 4.65. The van der Waals surface area contributed by atoms with Crippen molar-refractivity contribution in [1.82, 2.24) is 14.5 Å². The molecule has 0 radical (unpaired) electrons. The van der Waals surface area contributed by atoms with E-state index in [1.807, 2.05) is 51.1 Å². The van der Waals surface area contributed by atoms with Crippen LogP contribution in [-0.2, 0) is 13.0 Å². The van der Waals surface area contributed by atoms with Gasteiger partial charge in [-0.1, -0.05) is 37.2 Å². The summed E-state index contributed by atoms with van der Waals surface area (Å²) in [5.74, 6) is 1.71. The van der Waals surface area contributed by atoms with E-state index >= 15 is 0 Å². The maximum absolute atomic E-state index is 12.9. The van der Waals surface area contributed by atoms with E-state index in [9.17, 15) is 9.59 Å². The molecule has 0 spiro atoms. The molecule has 1 aliphatic heterocycles. The Labute approximate surface area is 191 Å². The van der Waals surface area contributed by atoms with Crippen LogP contribution in [0.25, 0.3) is 0 Å². The Morgan fingerprint density at radius 2 is 2.03 bits per heavy atom.